The fourth-order valence-electron chi connectivity index (χ4n) is 2.45. The Morgan fingerprint density at radius 2 is 2.33 bits per heavy atom. The second kappa shape index (κ2) is 2.98. The number of cyclic esters (lactones) is 1. The van der Waals surface area contributed by atoms with Gasteiger partial charge >= 0.3 is 6.09 Å². The molecular formula is C11H10BrNO2. The number of halogens is 1. The van der Waals surface area contributed by atoms with E-state index >= 15 is 0 Å². The minimum absolute atomic E-state index is 0.257. The molecule has 4 heteroatoms. The zero-order valence-electron chi connectivity index (χ0n) is 8.05. The number of amides is 1. The van der Waals surface area contributed by atoms with Crippen LogP contribution in [0.3, 0.4) is 0 Å². The lowest BCUT2D eigenvalue weighted by Crippen LogP contribution is -2.38. The van der Waals surface area contributed by atoms with E-state index < -0.39 is 0 Å². The molecule has 3 nitrogen and oxygen atoms in total. The number of ether oxygens (including phenoxy) is 1. The van der Waals surface area contributed by atoms with Crippen LogP contribution in [0.25, 0.3) is 0 Å². The van der Waals surface area contributed by atoms with Crippen molar-refractivity contribution in [2.45, 2.75) is 18.4 Å². The number of alkyl carbamates (subject to hydrolysis) is 1. The molecular weight excluding hydrogens is 258 g/mol. The second-order valence-corrected chi connectivity index (χ2v) is 5.00. The molecule has 1 unspecified atom stereocenters. The zero-order valence-corrected chi connectivity index (χ0v) is 9.63. The number of rotatable bonds is 0. The minimum Gasteiger partial charge on any atom is -0.447 e. The van der Waals surface area contributed by atoms with Crippen molar-refractivity contribution < 1.29 is 9.53 Å². The van der Waals surface area contributed by atoms with Gasteiger partial charge in [0, 0.05) is 4.47 Å². The first-order valence-corrected chi connectivity index (χ1v) is 5.73. The number of benzene rings is 1. The van der Waals surface area contributed by atoms with Gasteiger partial charge in [0.25, 0.3) is 0 Å². The average Bonchev–Trinajstić information content (AvgIpc) is 2.73. The van der Waals surface area contributed by atoms with Gasteiger partial charge in [0.05, 0.1) is 0 Å². The third kappa shape index (κ3) is 1.28. The Kier molecular flexibility index (Phi) is 1.83. The molecule has 3 rings (SSSR count). The van der Waals surface area contributed by atoms with Gasteiger partial charge in [0.15, 0.2) is 0 Å². The first kappa shape index (κ1) is 9.21. The summed E-state index contributed by atoms with van der Waals surface area (Å²) in [5.74, 6) is 0. The predicted octanol–water partition coefficient (Wildman–Crippen LogP) is 2.33. The Balaban J connectivity index is 2.08. The van der Waals surface area contributed by atoms with Crippen LogP contribution in [0.1, 0.15) is 17.5 Å². The van der Waals surface area contributed by atoms with Crippen molar-refractivity contribution in [3.63, 3.8) is 0 Å². The lowest BCUT2D eigenvalue weighted by molar-refractivity contribution is 0.172. The van der Waals surface area contributed by atoms with Crippen molar-refractivity contribution in [3.8, 4) is 0 Å². The van der Waals surface area contributed by atoms with E-state index in [0.29, 0.717) is 6.61 Å². The summed E-state index contributed by atoms with van der Waals surface area (Å²) in [6.07, 6.45) is 1.63. The summed E-state index contributed by atoms with van der Waals surface area (Å²) < 4.78 is 6.10. The Labute approximate surface area is 95.9 Å². The molecule has 0 radical (unpaired) electrons. The molecule has 0 aromatic heterocycles. The first-order chi connectivity index (χ1) is 7.20. The third-order valence-electron chi connectivity index (χ3n) is 3.19. The summed E-state index contributed by atoms with van der Waals surface area (Å²) in [6, 6.07) is 6.20. The number of carbonyl (C=O) groups excluding carboxylic acids is 1. The van der Waals surface area contributed by atoms with Crippen LogP contribution in [0, 0.1) is 0 Å². The molecule has 0 saturated carbocycles. The van der Waals surface area contributed by atoms with Crippen LogP contribution in [0.2, 0.25) is 0 Å². The summed E-state index contributed by atoms with van der Waals surface area (Å²) in [5, 5.41) is 2.93. The molecule has 1 amide bonds. The summed E-state index contributed by atoms with van der Waals surface area (Å²) in [4.78, 5) is 11.1. The van der Waals surface area contributed by atoms with Crippen LogP contribution in [0.15, 0.2) is 22.7 Å². The second-order valence-electron chi connectivity index (χ2n) is 4.08. The van der Waals surface area contributed by atoms with E-state index in [9.17, 15) is 4.79 Å². The fraction of sp³-hybridized carbons (Fsp3) is 0.364. The number of carbonyl (C=O) groups is 1. The van der Waals surface area contributed by atoms with Crippen molar-refractivity contribution >= 4 is 22.0 Å². The zero-order chi connectivity index (χ0) is 10.5. The van der Waals surface area contributed by atoms with E-state index in [-0.39, 0.29) is 11.6 Å². The summed E-state index contributed by atoms with van der Waals surface area (Å²) in [5.41, 5.74) is 2.25. The van der Waals surface area contributed by atoms with Crippen molar-refractivity contribution in [1.82, 2.24) is 5.32 Å². The minimum atomic E-state index is -0.300. The van der Waals surface area contributed by atoms with Crippen LogP contribution in [-0.4, -0.2) is 12.7 Å². The van der Waals surface area contributed by atoms with Gasteiger partial charge in [0.1, 0.15) is 12.1 Å². The monoisotopic (exact) mass is 267 g/mol. The quantitative estimate of drug-likeness (QED) is 0.784. The maximum absolute atomic E-state index is 11.1. The summed E-state index contributed by atoms with van der Waals surface area (Å²) in [7, 11) is 0. The fourth-order valence-corrected chi connectivity index (χ4v) is 2.86. The van der Waals surface area contributed by atoms with E-state index in [1.165, 1.54) is 11.1 Å². The number of fused-ring (bicyclic) bond motifs is 2. The highest BCUT2D eigenvalue weighted by atomic mass is 79.9. The summed E-state index contributed by atoms with van der Waals surface area (Å²) >= 11 is 3.46. The lowest BCUT2D eigenvalue weighted by atomic mass is 9.94. The molecule has 0 bridgehead atoms. The molecule has 1 aliphatic carbocycles. The maximum Gasteiger partial charge on any atom is 0.408 e. The highest BCUT2D eigenvalue weighted by Gasteiger charge is 2.45. The van der Waals surface area contributed by atoms with Crippen LogP contribution in [0.4, 0.5) is 4.79 Å². The Morgan fingerprint density at radius 1 is 1.47 bits per heavy atom. The highest BCUT2D eigenvalue weighted by Crippen LogP contribution is 2.40. The molecule has 1 atom stereocenters. The number of hydrogen-bond donors (Lipinski definition) is 1. The molecule has 1 fully saturated rings. The van der Waals surface area contributed by atoms with Crippen LogP contribution >= 0.6 is 15.9 Å². The number of nitrogens with one attached hydrogen (secondary N) is 1. The molecule has 2 aliphatic rings. The molecule has 1 saturated heterocycles. The largest absolute Gasteiger partial charge is 0.447 e. The van der Waals surface area contributed by atoms with Gasteiger partial charge in [0.2, 0.25) is 0 Å². The first-order valence-electron chi connectivity index (χ1n) is 4.93. The van der Waals surface area contributed by atoms with Gasteiger partial charge in [-0.2, -0.15) is 0 Å². The number of hydrogen-bond acceptors (Lipinski definition) is 2. The van der Waals surface area contributed by atoms with Gasteiger partial charge in [-0.15, -0.1) is 0 Å². The van der Waals surface area contributed by atoms with E-state index in [4.69, 9.17) is 4.74 Å². The van der Waals surface area contributed by atoms with E-state index in [2.05, 4.69) is 33.4 Å². The number of aryl methyl sites for hydroxylation is 1. The SMILES string of the molecule is O=C1NC2(CCc3cc(Br)ccc32)CO1. The molecule has 1 spiro atoms. The van der Waals surface area contributed by atoms with Gasteiger partial charge < -0.3 is 10.1 Å². The maximum atomic E-state index is 11.1. The normalized spacial score (nSPS) is 27.7. The van der Waals surface area contributed by atoms with Gasteiger partial charge in [-0.1, -0.05) is 22.0 Å². The lowest BCUT2D eigenvalue weighted by Gasteiger charge is -2.21. The van der Waals surface area contributed by atoms with Gasteiger partial charge in [-0.25, -0.2) is 4.79 Å². The van der Waals surface area contributed by atoms with Crippen LogP contribution in [-0.2, 0) is 16.7 Å². The van der Waals surface area contributed by atoms with Crippen LogP contribution in [0.5, 0.6) is 0 Å². The third-order valence-corrected chi connectivity index (χ3v) is 3.69. The molecule has 15 heavy (non-hydrogen) atoms. The smallest absolute Gasteiger partial charge is 0.408 e. The predicted molar refractivity (Wildman–Crippen MR) is 58.6 cm³/mol. The highest BCUT2D eigenvalue weighted by molar-refractivity contribution is 9.10. The van der Waals surface area contributed by atoms with Crippen molar-refractivity contribution in [1.29, 1.82) is 0 Å². The van der Waals surface area contributed by atoms with Crippen molar-refractivity contribution in [3.05, 3.63) is 33.8 Å². The van der Waals surface area contributed by atoms with Gasteiger partial charge in [-0.05, 0) is 36.1 Å². The van der Waals surface area contributed by atoms with Crippen LogP contribution < -0.4 is 5.32 Å². The molecule has 78 valence electrons. The standard InChI is InChI=1S/C11H10BrNO2/c12-8-1-2-9-7(5-8)3-4-11(9)6-15-10(14)13-11/h1-2,5H,3-4,6H2,(H,13,14). The van der Waals surface area contributed by atoms with Crippen molar-refractivity contribution in [2.24, 2.45) is 0 Å². The van der Waals surface area contributed by atoms with E-state index in [0.717, 1.165) is 17.3 Å². The molecule has 1 aliphatic heterocycles. The average molecular weight is 268 g/mol. The Hall–Kier alpha value is -1.03. The van der Waals surface area contributed by atoms with E-state index in [1.54, 1.807) is 0 Å². The van der Waals surface area contributed by atoms with Gasteiger partial charge in [-0.3, -0.25) is 0 Å². The van der Waals surface area contributed by atoms with E-state index in [1.807, 2.05) is 6.07 Å². The molecule has 1 heterocycles. The topological polar surface area (TPSA) is 38.3 Å². The Bertz CT molecular complexity index is 446. The molecule has 1 N–H and O–H groups in total. The molecule has 1 aromatic carbocycles. The Morgan fingerprint density at radius 3 is 3.07 bits per heavy atom. The summed E-state index contributed by atoms with van der Waals surface area (Å²) in [6.45, 7) is 0.459. The van der Waals surface area contributed by atoms with Crippen molar-refractivity contribution in [2.75, 3.05) is 6.61 Å². The molecule has 1 aromatic rings.